The first-order valence-electron chi connectivity index (χ1n) is 10.4. The molecule has 0 saturated heterocycles. The Kier molecular flexibility index (Phi) is 3.95. The zero-order chi connectivity index (χ0) is 16.2. The second kappa shape index (κ2) is 5.61. The van der Waals surface area contributed by atoms with Crippen LogP contribution in [0.25, 0.3) is 0 Å². The Balaban J connectivity index is 1.62. The first-order chi connectivity index (χ1) is 11.0. The molecule has 1 heteroatoms. The summed E-state index contributed by atoms with van der Waals surface area (Å²) in [7, 11) is 0. The van der Waals surface area contributed by atoms with E-state index in [0.717, 1.165) is 36.5 Å². The summed E-state index contributed by atoms with van der Waals surface area (Å²) in [5, 5.41) is 10.1. The van der Waals surface area contributed by atoms with Crippen molar-refractivity contribution in [1.82, 2.24) is 0 Å². The molecule has 0 aromatic carbocycles. The summed E-state index contributed by atoms with van der Waals surface area (Å²) in [6, 6.07) is 0. The van der Waals surface area contributed by atoms with Crippen LogP contribution in [0.2, 0.25) is 0 Å². The minimum atomic E-state index is -0.0101. The van der Waals surface area contributed by atoms with E-state index in [-0.39, 0.29) is 6.10 Å². The van der Waals surface area contributed by atoms with E-state index < -0.39 is 0 Å². The van der Waals surface area contributed by atoms with Gasteiger partial charge in [0, 0.05) is 0 Å². The summed E-state index contributed by atoms with van der Waals surface area (Å²) in [5.74, 6) is 3.65. The van der Waals surface area contributed by atoms with Crippen molar-refractivity contribution < 1.29 is 5.11 Å². The Labute approximate surface area is 142 Å². The van der Waals surface area contributed by atoms with Gasteiger partial charge in [0.25, 0.3) is 0 Å². The maximum atomic E-state index is 10.1. The lowest BCUT2D eigenvalue weighted by Crippen LogP contribution is -2.53. The fourth-order valence-electron chi connectivity index (χ4n) is 7.66. The van der Waals surface area contributed by atoms with Crippen LogP contribution in [-0.4, -0.2) is 11.2 Å². The van der Waals surface area contributed by atoms with Gasteiger partial charge in [0.05, 0.1) is 6.10 Å². The van der Waals surface area contributed by atoms with E-state index in [1.54, 1.807) is 5.57 Å². The Morgan fingerprint density at radius 2 is 1.87 bits per heavy atom. The highest BCUT2D eigenvalue weighted by atomic mass is 16.3. The molecule has 1 N–H and O–H groups in total. The van der Waals surface area contributed by atoms with Gasteiger partial charge in [-0.05, 0) is 98.7 Å². The number of allylic oxidation sites excluding steroid dienone is 2. The number of aliphatic hydroxyl groups excluding tert-OH is 1. The monoisotopic (exact) mass is 316 g/mol. The molecule has 0 amide bonds. The van der Waals surface area contributed by atoms with Gasteiger partial charge in [-0.1, -0.05) is 32.4 Å². The summed E-state index contributed by atoms with van der Waals surface area (Å²) >= 11 is 0. The molecule has 4 aliphatic carbocycles. The number of aliphatic hydroxyl groups is 1. The summed E-state index contributed by atoms with van der Waals surface area (Å²) in [4.78, 5) is 0. The fraction of sp³-hybridized carbons (Fsp3) is 0.909. The average molecular weight is 317 g/mol. The van der Waals surface area contributed by atoms with Crippen molar-refractivity contribution in [3.8, 4) is 0 Å². The van der Waals surface area contributed by atoms with E-state index >= 15 is 0 Å². The molecule has 0 bridgehead atoms. The third-order valence-electron chi connectivity index (χ3n) is 8.94. The third kappa shape index (κ3) is 2.29. The average Bonchev–Trinajstić information content (AvgIpc) is 2.85. The Bertz CT molecular complexity index is 494. The van der Waals surface area contributed by atoms with E-state index in [0.29, 0.717) is 10.8 Å². The summed E-state index contributed by atoms with van der Waals surface area (Å²) in [6.45, 7) is 7.50. The minimum absolute atomic E-state index is 0.0101. The lowest BCUT2D eigenvalue weighted by atomic mass is 9.45. The zero-order valence-electron chi connectivity index (χ0n) is 15.5. The number of hydrogen-bond donors (Lipinski definition) is 1. The van der Waals surface area contributed by atoms with Gasteiger partial charge in [-0.2, -0.15) is 0 Å². The largest absolute Gasteiger partial charge is 0.393 e. The SMILES string of the molecule is CC/C=C1/CC[C@H]2[C@@H]3CC[C@H]4C[C@H](O)CC[C@]4(C)[C@H]3CC[C@]12C. The number of hydrogen-bond acceptors (Lipinski definition) is 1. The molecule has 4 aliphatic rings. The Hall–Kier alpha value is -0.300. The fourth-order valence-corrected chi connectivity index (χ4v) is 7.66. The van der Waals surface area contributed by atoms with Crippen molar-refractivity contribution in [2.24, 2.45) is 34.5 Å². The first-order valence-corrected chi connectivity index (χ1v) is 10.4. The molecular formula is C22H36O. The first kappa shape index (κ1) is 16.2. The number of fused-ring (bicyclic) bond motifs is 5. The van der Waals surface area contributed by atoms with Crippen LogP contribution >= 0.6 is 0 Å². The molecule has 0 radical (unpaired) electrons. The van der Waals surface area contributed by atoms with Crippen LogP contribution in [0.1, 0.15) is 85.0 Å². The van der Waals surface area contributed by atoms with Crippen LogP contribution in [-0.2, 0) is 0 Å². The normalized spacial score (nSPS) is 54.4. The van der Waals surface area contributed by atoms with Crippen LogP contribution in [0.4, 0.5) is 0 Å². The van der Waals surface area contributed by atoms with Crippen LogP contribution in [0.5, 0.6) is 0 Å². The van der Waals surface area contributed by atoms with Crippen molar-refractivity contribution in [1.29, 1.82) is 0 Å². The Morgan fingerprint density at radius 1 is 1.04 bits per heavy atom. The number of rotatable bonds is 1. The molecule has 0 aliphatic heterocycles. The van der Waals surface area contributed by atoms with Gasteiger partial charge >= 0.3 is 0 Å². The van der Waals surface area contributed by atoms with E-state index in [9.17, 15) is 5.11 Å². The molecule has 0 spiro atoms. The van der Waals surface area contributed by atoms with Crippen LogP contribution in [0, 0.1) is 34.5 Å². The molecule has 7 atom stereocenters. The van der Waals surface area contributed by atoms with Crippen molar-refractivity contribution in [2.75, 3.05) is 0 Å². The van der Waals surface area contributed by atoms with Gasteiger partial charge in [0.15, 0.2) is 0 Å². The highest BCUT2D eigenvalue weighted by molar-refractivity contribution is 5.24. The van der Waals surface area contributed by atoms with Crippen molar-refractivity contribution in [3.63, 3.8) is 0 Å². The molecule has 0 unspecified atom stereocenters. The van der Waals surface area contributed by atoms with Crippen LogP contribution in [0.3, 0.4) is 0 Å². The van der Waals surface area contributed by atoms with Gasteiger partial charge in [-0.3, -0.25) is 0 Å². The van der Waals surface area contributed by atoms with Crippen LogP contribution < -0.4 is 0 Å². The second-order valence-electron chi connectivity index (χ2n) is 9.72. The molecule has 4 fully saturated rings. The van der Waals surface area contributed by atoms with E-state index in [2.05, 4.69) is 26.8 Å². The molecule has 0 heterocycles. The van der Waals surface area contributed by atoms with Gasteiger partial charge in [0.2, 0.25) is 0 Å². The van der Waals surface area contributed by atoms with Crippen molar-refractivity contribution in [3.05, 3.63) is 11.6 Å². The smallest absolute Gasteiger partial charge is 0.0543 e. The summed E-state index contributed by atoms with van der Waals surface area (Å²) in [6.07, 6.45) is 15.7. The lowest BCUT2D eigenvalue weighted by molar-refractivity contribution is -0.116. The van der Waals surface area contributed by atoms with Gasteiger partial charge in [0.1, 0.15) is 0 Å². The molecule has 130 valence electrons. The topological polar surface area (TPSA) is 20.2 Å². The standard InChI is InChI=1S/C22H36O/c1-4-5-15-7-9-19-18-8-6-16-14-17(23)10-12-22(16,3)20(18)11-13-21(15,19)2/h5,16-20,23H,4,6-14H2,1-3H3/b15-5-/t16-,17+,18-,19-,20-,21+,22-/m0/s1. The predicted octanol–water partition coefficient (Wildman–Crippen LogP) is 5.73. The Morgan fingerprint density at radius 3 is 2.65 bits per heavy atom. The molecule has 0 aromatic heterocycles. The minimum Gasteiger partial charge on any atom is -0.393 e. The highest BCUT2D eigenvalue weighted by Crippen LogP contribution is 2.67. The molecule has 1 nitrogen and oxygen atoms in total. The van der Waals surface area contributed by atoms with Gasteiger partial charge in [-0.15, -0.1) is 0 Å². The quantitative estimate of drug-likeness (QED) is 0.613. The predicted molar refractivity (Wildman–Crippen MR) is 96.1 cm³/mol. The van der Waals surface area contributed by atoms with E-state index in [1.807, 2.05) is 0 Å². The maximum Gasteiger partial charge on any atom is 0.0543 e. The molecule has 0 aromatic rings. The summed E-state index contributed by atoms with van der Waals surface area (Å²) < 4.78 is 0. The summed E-state index contributed by atoms with van der Waals surface area (Å²) in [5.41, 5.74) is 2.85. The molecular weight excluding hydrogens is 280 g/mol. The lowest BCUT2D eigenvalue weighted by Gasteiger charge is -2.60. The molecule has 23 heavy (non-hydrogen) atoms. The molecule has 4 saturated carbocycles. The zero-order valence-corrected chi connectivity index (χ0v) is 15.5. The van der Waals surface area contributed by atoms with E-state index in [1.165, 1.54) is 51.4 Å². The third-order valence-corrected chi connectivity index (χ3v) is 8.94. The van der Waals surface area contributed by atoms with Gasteiger partial charge < -0.3 is 5.11 Å². The van der Waals surface area contributed by atoms with Crippen molar-refractivity contribution in [2.45, 2.75) is 91.1 Å². The van der Waals surface area contributed by atoms with E-state index in [4.69, 9.17) is 0 Å². The second-order valence-corrected chi connectivity index (χ2v) is 9.72. The van der Waals surface area contributed by atoms with Gasteiger partial charge in [-0.25, -0.2) is 0 Å². The molecule has 4 rings (SSSR count). The van der Waals surface area contributed by atoms with Crippen molar-refractivity contribution >= 4 is 0 Å². The highest BCUT2D eigenvalue weighted by Gasteiger charge is 2.58. The van der Waals surface area contributed by atoms with Crippen LogP contribution in [0.15, 0.2) is 11.6 Å². The maximum absolute atomic E-state index is 10.1.